The van der Waals surface area contributed by atoms with Crippen LogP contribution in [0.1, 0.15) is 12.5 Å². The molecule has 2 aliphatic heterocycles. The maximum Gasteiger partial charge on any atom is 0.586 e. The molecule has 11 heteroatoms. The average molecular weight is 466 g/mol. The van der Waals surface area contributed by atoms with E-state index >= 15 is 0 Å². The summed E-state index contributed by atoms with van der Waals surface area (Å²) in [5.74, 6) is -1.36. The van der Waals surface area contributed by atoms with Gasteiger partial charge in [-0.15, -0.1) is 8.78 Å². The number of para-hydroxylation sites is 2. The highest BCUT2D eigenvalue weighted by Gasteiger charge is 2.49. The Hall–Kier alpha value is -2.99. The van der Waals surface area contributed by atoms with E-state index in [1.54, 1.807) is 30.3 Å². The first-order chi connectivity index (χ1) is 15.7. The summed E-state index contributed by atoms with van der Waals surface area (Å²) in [5.41, 5.74) is 6.91. The molecule has 0 aromatic heterocycles. The van der Waals surface area contributed by atoms with Crippen LogP contribution in [0.5, 0.6) is 17.2 Å². The van der Waals surface area contributed by atoms with Gasteiger partial charge in [-0.05, 0) is 13.0 Å². The number of halogens is 2. The van der Waals surface area contributed by atoms with Gasteiger partial charge in [0.1, 0.15) is 17.9 Å². The maximum absolute atomic E-state index is 13.7. The number of fused-ring (bicyclic) bond motifs is 1. The number of carbonyl (C=O) groups is 1. The van der Waals surface area contributed by atoms with Gasteiger partial charge in [-0.2, -0.15) is 5.06 Å². The zero-order valence-electron chi connectivity index (χ0n) is 17.9. The first kappa shape index (κ1) is 23.2. The fourth-order valence-corrected chi connectivity index (χ4v) is 4.41. The van der Waals surface area contributed by atoms with E-state index in [-0.39, 0.29) is 18.0 Å². The number of carbonyl (C=O) groups excluding carboxylic acids is 1. The zero-order valence-corrected chi connectivity index (χ0v) is 17.9. The van der Waals surface area contributed by atoms with Crippen molar-refractivity contribution in [2.24, 2.45) is 11.7 Å². The lowest BCUT2D eigenvalue weighted by Crippen LogP contribution is -2.47. The lowest BCUT2D eigenvalue weighted by molar-refractivity contribution is -0.286. The van der Waals surface area contributed by atoms with Crippen molar-refractivity contribution < 1.29 is 42.8 Å². The van der Waals surface area contributed by atoms with Crippen LogP contribution in [0.25, 0.3) is 11.1 Å². The summed E-state index contributed by atoms with van der Waals surface area (Å²) in [4.78, 5) is 17.9. The Labute approximate surface area is 188 Å². The Morgan fingerprint density at radius 1 is 1.24 bits per heavy atom. The Balaban J connectivity index is 1.72. The van der Waals surface area contributed by atoms with Crippen LogP contribution in [0.3, 0.4) is 0 Å². The Bertz CT molecular complexity index is 1050. The highest BCUT2D eigenvalue weighted by Crippen LogP contribution is 2.49. The second-order valence-electron chi connectivity index (χ2n) is 7.87. The van der Waals surface area contributed by atoms with Crippen LogP contribution in [0, 0.1) is 5.92 Å². The monoisotopic (exact) mass is 466 g/mol. The minimum Gasteiger partial charge on any atom is -0.496 e. The number of aliphatic hydroxyl groups is 2. The summed E-state index contributed by atoms with van der Waals surface area (Å²) in [6, 6.07) is 8.58. The summed E-state index contributed by atoms with van der Waals surface area (Å²) in [6.45, 7) is 1.08. The lowest BCUT2D eigenvalue weighted by atomic mass is 9.89. The van der Waals surface area contributed by atoms with E-state index in [0.29, 0.717) is 22.4 Å². The van der Waals surface area contributed by atoms with E-state index in [1.807, 2.05) is 0 Å². The van der Waals surface area contributed by atoms with Crippen molar-refractivity contribution in [1.29, 1.82) is 0 Å². The molecule has 2 aromatic carbocycles. The maximum atomic E-state index is 13.7. The number of ether oxygens (including phenoxy) is 3. The first-order valence-corrected chi connectivity index (χ1v) is 10.2. The van der Waals surface area contributed by atoms with Gasteiger partial charge in [-0.3, -0.25) is 9.63 Å². The number of nitrogens with two attached hydrogens (primary N) is 1. The van der Waals surface area contributed by atoms with Crippen LogP contribution in [0.2, 0.25) is 0 Å². The topological polar surface area (TPSA) is 124 Å². The normalized spacial score (nSPS) is 24.6. The minimum atomic E-state index is -3.78. The van der Waals surface area contributed by atoms with E-state index in [1.165, 1.54) is 25.2 Å². The van der Waals surface area contributed by atoms with Crippen molar-refractivity contribution >= 4 is 5.91 Å². The molecule has 9 nitrogen and oxygen atoms in total. The van der Waals surface area contributed by atoms with Crippen LogP contribution < -0.4 is 19.9 Å². The van der Waals surface area contributed by atoms with Crippen molar-refractivity contribution in [3.8, 4) is 28.4 Å². The van der Waals surface area contributed by atoms with Crippen LogP contribution in [0.4, 0.5) is 8.78 Å². The van der Waals surface area contributed by atoms with E-state index in [9.17, 15) is 23.8 Å². The van der Waals surface area contributed by atoms with Gasteiger partial charge in [0.2, 0.25) is 5.91 Å². The first-order valence-electron chi connectivity index (χ1n) is 10.2. The summed E-state index contributed by atoms with van der Waals surface area (Å²) in [6.07, 6.45) is -5.58. The minimum absolute atomic E-state index is 0.00683. The molecule has 0 unspecified atom stereocenters. The predicted octanol–water partition coefficient (Wildman–Crippen LogP) is 1.64. The number of nitrogens with zero attached hydrogens (tertiary/aromatic N) is 1. The van der Waals surface area contributed by atoms with Crippen LogP contribution in [0.15, 0.2) is 36.4 Å². The number of methoxy groups -OCH3 is 1. The van der Waals surface area contributed by atoms with Gasteiger partial charge in [-0.25, -0.2) is 0 Å². The fourth-order valence-electron chi connectivity index (χ4n) is 4.41. The molecular formula is C22H24F2N2O7. The second-order valence-corrected chi connectivity index (χ2v) is 7.87. The predicted molar refractivity (Wildman–Crippen MR) is 110 cm³/mol. The van der Waals surface area contributed by atoms with Gasteiger partial charge in [0.05, 0.1) is 26.4 Å². The molecule has 4 atom stereocenters. The molecule has 0 radical (unpaired) electrons. The van der Waals surface area contributed by atoms with Gasteiger partial charge >= 0.3 is 6.29 Å². The molecule has 0 saturated carbocycles. The highest BCUT2D eigenvalue weighted by molar-refractivity contribution is 5.81. The van der Waals surface area contributed by atoms with Gasteiger partial charge in [0.15, 0.2) is 11.5 Å². The third kappa shape index (κ3) is 4.20. The summed E-state index contributed by atoms with van der Waals surface area (Å²) in [7, 11) is 1.42. The van der Waals surface area contributed by atoms with E-state index in [4.69, 9.17) is 20.0 Å². The number of alkyl halides is 2. The number of hydrogen-bond donors (Lipinski definition) is 3. The fraction of sp³-hybridized carbons (Fsp3) is 0.409. The van der Waals surface area contributed by atoms with Crippen molar-refractivity contribution in [1.82, 2.24) is 5.06 Å². The van der Waals surface area contributed by atoms with E-state index in [2.05, 4.69) is 4.74 Å². The molecule has 2 heterocycles. The number of hydroxylamine groups is 2. The molecule has 2 aliphatic rings. The molecule has 1 amide bonds. The Kier molecular flexibility index (Phi) is 6.14. The van der Waals surface area contributed by atoms with Gasteiger partial charge in [0, 0.05) is 22.6 Å². The molecule has 0 aliphatic carbocycles. The van der Waals surface area contributed by atoms with Crippen LogP contribution in [-0.4, -0.2) is 59.4 Å². The molecule has 178 valence electrons. The smallest absolute Gasteiger partial charge is 0.496 e. The molecule has 4 N–H and O–H groups in total. The number of amides is 1. The van der Waals surface area contributed by atoms with Crippen molar-refractivity contribution in [3.63, 3.8) is 0 Å². The van der Waals surface area contributed by atoms with Gasteiger partial charge in [0.25, 0.3) is 0 Å². The molecule has 0 spiro atoms. The molecular weight excluding hydrogens is 442 g/mol. The molecule has 0 bridgehead atoms. The largest absolute Gasteiger partial charge is 0.586 e. The van der Waals surface area contributed by atoms with Crippen LogP contribution >= 0.6 is 0 Å². The molecule has 4 rings (SSSR count). The Morgan fingerprint density at radius 2 is 1.94 bits per heavy atom. The number of aliphatic hydroxyl groups excluding tert-OH is 2. The summed E-state index contributed by atoms with van der Waals surface area (Å²) < 4.78 is 42.2. The van der Waals surface area contributed by atoms with Crippen molar-refractivity contribution in [2.75, 3.05) is 13.7 Å². The standard InChI is InChI=1S/C22H24F2N2O7/c1-11(28)17-16(10-27)33-26(18(17)21(25)29)9-12-5-3-6-13(19(12)30-2)14-7-4-8-15-20(14)32-22(23,24)31-15/h3-8,11,16-18,27-28H,9-10H2,1-2H3,(H2,25,29)/t11-,16-,17+,18-/m0/s1. The van der Waals surface area contributed by atoms with Crippen molar-refractivity contribution in [2.45, 2.75) is 38.0 Å². The van der Waals surface area contributed by atoms with Gasteiger partial charge in [-0.1, -0.05) is 30.3 Å². The molecule has 33 heavy (non-hydrogen) atoms. The van der Waals surface area contributed by atoms with Gasteiger partial charge < -0.3 is 30.2 Å². The number of hydrogen-bond acceptors (Lipinski definition) is 8. The highest BCUT2D eigenvalue weighted by atomic mass is 19.3. The summed E-state index contributed by atoms with van der Waals surface area (Å²) >= 11 is 0. The second kappa shape index (κ2) is 8.75. The summed E-state index contributed by atoms with van der Waals surface area (Å²) in [5, 5.41) is 21.1. The third-order valence-corrected chi connectivity index (χ3v) is 5.75. The van der Waals surface area contributed by atoms with E-state index < -0.39 is 43.0 Å². The average Bonchev–Trinajstić information content (AvgIpc) is 3.29. The molecule has 1 saturated heterocycles. The number of primary amides is 1. The van der Waals surface area contributed by atoms with Crippen molar-refractivity contribution in [3.05, 3.63) is 42.0 Å². The zero-order chi connectivity index (χ0) is 23.9. The quantitative estimate of drug-likeness (QED) is 0.563. The molecule has 1 fully saturated rings. The molecule has 2 aromatic rings. The lowest BCUT2D eigenvalue weighted by Gasteiger charge is -2.25. The third-order valence-electron chi connectivity index (χ3n) is 5.75. The number of benzene rings is 2. The number of rotatable bonds is 7. The SMILES string of the molecule is COc1c(CN2O[C@@H](CO)[C@@H]([C@H](C)O)[C@H]2C(N)=O)cccc1-c1cccc2c1OC(F)(F)O2. The van der Waals surface area contributed by atoms with Crippen LogP contribution in [-0.2, 0) is 16.2 Å². The van der Waals surface area contributed by atoms with E-state index in [0.717, 1.165) is 0 Å². The Morgan fingerprint density at radius 3 is 2.58 bits per heavy atom.